The minimum atomic E-state index is 0.684. The van der Waals surface area contributed by atoms with Crippen LogP contribution in [0.1, 0.15) is 52.9 Å². The van der Waals surface area contributed by atoms with Crippen LogP contribution in [-0.4, -0.2) is 62.7 Å². The van der Waals surface area contributed by atoms with Crippen molar-refractivity contribution in [3.8, 4) is 0 Å². The van der Waals surface area contributed by atoms with Gasteiger partial charge in [-0.2, -0.15) is 0 Å². The zero-order chi connectivity index (χ0) is 14.5. The SMILES string of the molecule is CCCNC(C)CCCCN(CC)CCCN(C)C. The maximum atomic E-state index is 3.56. The predicted molar refractivity (Wildman–Crippen MR) is 86.9 cm³/mol. The molecule has 0 fully saturated rings. The summed E-state index contributed by atoms with van der Waals surface area (Å²) in [6.07, 6.45) is 6.53. The molecule has 0 aliphatic rings. The third-order valence-corrected chi connectivity index (χ3v) is 3.63. The van der Waals surface area contributed by atoms with Crippen LogP contribution in [0.4, 0.5) is 0 Å². The molecule has 116 valence electrons. The smallest absolute Gasteiger partial charge is 0.00387 e. The topological polar surface area (TPSA) is 18.5 Å². The average Bonchev–Trinajstić information content (AvgIpc) is 2.38. The van der Waals surface area contributed by atoms with E-state index in [9.17, 15) is 0 Å². The van der Waals surface area contributed by atoms with Gasteiger partial charge in [0, 0.05) is 6.04 Å². The monoisotopic (exact) mass is 271 g/mol. The standard InChI is InChI=1S/C16H37N3/c1-6-12-17-16(3)11-8-9-14-19(7-2)15-10-13-18(4)5/h16-17H,6-15H2,1-5H3. The van der Waals surface area contributed by atoms with E-state index in [1.807, 2.05) is 0 Å². The highest BCUT2D eigenvalue weighted by molar-refractivity contribution is 4.62. The Kier molecular flexibility index (Phi) is 12.8. The van der Waals surface area contributed by atoms with E-state index in [4.69, 9.17) is 0 Å². The Labute approximate surface area is 121 Å². The van der Waals surface area contributed by atoms with Gasteiger partial charge in [-0.05, 0) is 79.4 Å². The van der Waals surface area contributed by atoms with Gasteiger partial charge in [-0.1, -0.05) is 20.3 Å². The molecule has 0 saturated heterocycles. The molecule has 0 amide bonds. The molecule has 0 rings (SSSR count). The molecular weight excluding hydrogens is 234 g/mol. The van der Waals surface area contributed by atoms with Crippen LogP contribution in [0.15, 0.2) is 0 Å². The van der Waals surface area contributed by atoms with Crippen molar-refractivity contribution < 1.29 is 0 Å². The van der Waals surface area contributed by atoms with Gasteiger partial charge in [0.05, 0.1) is 0 Å². The molecule has 0 radical (unpaired) electrons. The molecule has 19 heavy (non-hydrogen) atoms. The molecule has 1 atom stereocenters. The molecule has 0 aliphatic heterocycles. The van der Waals surface area contributed by atoms with Crippen molar-refractivity contribution in [3.05, 3.63) is 0 Å². The Morgan fingerprint density at radius 2 is 1.63 bits per heavy atom. The van der Waals surface area contributed by atoms with Gasteiger partial charge in [0.1, 0.15) is 0 Å². The maximum absolute atomic E-state index is 3.56. The maximum Gasteiger partial charge on any atom is 0.00387 e. The van der Waals surface area contributed by atoms with E-state index in [1.165, 1.54) is 58.3 Å². The van der Waals surface area contributed by atoms with Crippen LogP contribution in [0.5, 0.6) is 0 Å². The molecule has 0 aromatic heterocycles. The van der Waals surface area contributed by atoms with E-state index >= 15 is 0 Å². The Balaban J connectivity index is 3.49. The van der Waals surface area contributed by atoms with Gasteiger partial charge in [0.15, 0.2) is 0 Å². The van der Waals surface area contributed by atoms with Crippen molar-refractivity contribution in [1.82, 2.24) is 15.1 Å². The Morgan fingerprint density at radius 1 is 0.947 bits per heavy atom. The van der Waals surface area contributed by atoms with Crippen molar-refractivity contribution in [2.75, 3.05) is 46.8 Å². The van der Waals surface area contributed by atoms with Gasteiger partial charge in [0.25, 0.3) is 0 Å². The number of nitrogens with one attached hydrogen (secondary N) is 1. The first-order chi connectivity index (χ1) is 9.10. The highest BCUT2D eigenvalue weighted by Crippen LogP contribution is 2.03. The van der Waals surface area contributed by atoms with Gasteiger partial charge >= 0.3 is 0 Å². The summed E-state index contributed by atoms with van der Waals surface area (Å²) in [5.74, 6) is 0. The minimum Gasteiger partial charge on any atom is -0.314 e. The van der Waals surface area contributed by atoms with Crippen molar-refractivity contribution in [1.29, 1.82) is 0 Å². The van der Waals surface area contributed by atoms with E-state index in [2.05, 4.69) is 50.0 Å². The molecule has 3 nitrogen and oxygen atoms in total. The first kappa shape index (κ1) is 18.9. The Morgan fingerprint density at radius 3 is 2.21 bits per heavy atom. The van der Waals surface area contributed by atoms with Crippen LogP contribution in [0.2, 0.25) is 0 Å². The van der Waals surface area contributed by atoms with Crippen molar-refractivity contribution >= 4 is 0 Å². The van der Waals surface area contributed by atoms with Crippen LogP contribution < -0.4 is 5.32 Å². The summed E-state index contributed by atoms with van der Waals surface area (Å²) in [4.78, 5) is 4.86. The van der Waals surface area contributed by atoms with E-state index in [0.717, 1.165) is 6.54 Å². The normalized spacial score (nSPS) is 13.4. The fraction of sp³-hybridized carbons (Fsp3) is 1.00. The summed E-state index contributed by atoms with van der Waals surface area (Å²) in [5, 5.41) is 3.56. The van der Waals surface area contributed by atoms with Gasteiger partial charge < -0.3 is 15.1 Å². The Hall–Kier alpha value is -0.120. The third-order valence-electron chi connectivity index (χ3n) is 3.63. The number of hydrogen-bond acceptors (Lipinski definition) is 3. The lowest BCUT2D eigenvalue weighted by atomic mass is 10.1. The Bertz CT molecular complexity index is 183. The summed E-state index contributed by atoms with van der Waals surface area (Å²) >= 11 is 0. The highest BCUT2D eigenvalue weighted by atomic mass is 15.1. The van der Waals surface area contributed by atoms with Crippen molar-refractivity contribution in [2.24, 2.45) is 0 Å². The molecule has 1 unspecified atom stereocenters. The molecule has 0 bridgehead atoms. The lowest BCUT2D eigenvalue weighted by Gasteiger charge is -2.21. The zero-order valence-corrected chi connectivity index (χ0v) is 14.0. The lowest BCUT2D eigenvalue weighted by Crippen LogP contribution is -2.29. The number of hydrogen-bond donors (Lipinski definition) is 1. The molecular formula is C16H37N3. The van der Waals surface area contributed by atoms with Gasteiger partial charge in [-0.15, -0.1) is 0 Å². The van der Waals surface area contributed by atoms with Gasteiger partial charge in [0.2, 0.25) is 0 Å². The van der Waals surface area contributed by atoms with Crippen molar-refractivity contribution in [2.45, 2.75) is 58.9 Å². The summed E-state index contributed by atoms with van der Waals surface area (Å²) in [6, 6.07) is 0.684. The van der Waals surface area contributed by atoms with Crippen LogP contribution >= 0.6 is 0 Å². The van der Waals surface area contributed by atoms with Crippen LogP contribution in [0.3, 0.4) is 0 Å². The average molecular weight is 271 g/mol. The summed E-state index contributed by atoms with van der Waals surface area (Å²) in [7, 11) is 4.31. The van der Waals surface area contributed by atoms with Crippen LogP contribution in [-0.2, 0) is 0 Å². The number of nitrogens with zero attached hydrogens (tertiary/aromatic N) is 2. The largest absolute Gasteiger partial charge is 0.314 e. The molecule has 0 saturated carbocycles. The van der Waals surface area contributed by atoms with Crippen molar-refractivity contribution in [3.63, 3.8) is 0 Å². The van der Waals surface area contributed by atoms with E-state index < -0.39 is 0 Å². The quantitative estimate of drug-likeness (QED) is 0.520. The molecule has 0 aromatic rings. The zero-order valence-electron chi connectivity index (χ0n) is 14.0. The molecule has 0 aliphatic carbocycles. The summed E-state index contributed by atoms with van der Waals surface area (Å²) in [6.45, 7) is 12.9. The minimum absolute atomic E-state index is 0.684. The molecule has 3 heteroatoms. The van der Waals surface area contributed by atoms with E-state index in [-0.39, 0.29) is 0 Å². The summed E-state index contributed by atoms with van der Waals surface area (Å²) in [5.41, 5.74) is 0. The lowest BCUT2D eigenvalue weighted by molar-refractivity contribution is 0.259. The second-order valence-electron chi connectivity index (χ2n) is 5.94. The first-order valence-electron chi connectivity index (χ1n) is 8.20. The van der Waals surface area contributed by atoms with E-state index in [0.29, 0.717) is 6.04 Å². The number of unbranched alkanes of at least 4 members (excludes halogenated alkanes) is 1. The van der Waals surface area contributed by atoms with E-state index in [1.54, 1.807) is 0 Å². The second-order valence-corrected chi connectivity index (χ2v) is 5.94. The molecule has 1 N–H and O–H groups in total. The predicted octanol–water partition coefficient (Wildman–Crippen LogP) is 2.82. The highest BCUT2D eigenvalue weighted by Gasteiger charge is 2.04. The second kappa shape index (κ2) is 12.9. The van der Waals surface area contributed by atoms with Gasteiger partial charge in [-0.25, -0.2) is 0 Å². The first-order valence-corrected chi connectivity index (χ1v) is 8.20. The number of rotatable bonds is 13. The van der Waals surface area contributed by atoms with Crippen LogP contribution in [0.25, 0.3) is 0 Å². The molecule has 0 spiro atoms. The summed E-state index contributed by atoms with van der Waals surface area (Å²) < 4.78 is 0. The molecule has 0 aromatic carbocycles. The van der Waals surface area contributed by atoms with Gasteiger partial charge in [-0.3, -0.25) is 0 Å². The van der Waals surface area contributed by atoms with Crippen LogP contribution in [0, 0.1) is 0 Å². The fourth-order valence-corrected chi connectivity index (χ4v) is 2.32. The fourth-order valence-electron chi connectivity index (χ4n) is 2.32. The molecule has 0 heterocycles. The third kappa shape index (κ3) is 12.6.